The van der Waals surface area contributed by atoms with Gasteiger partial charge in [0.05, 0.1) is 13.2 Å². The van der Waals surface area contributed by atoms with Crippen molar-refractivity contribution >= 4 is 6.03 Å². The maximum atomic E-state index is 12.0. The maximum Gasteiger partial charge on any atom is 0.317 e. The van der Waals surface area contributed by atoms with Crippen molar-refractivity contribution < 1.29 is 14.3 Å². The van der Waals surface area contributed by atoms with Crippen molar-refractivity contribution in [3.8, 4) is 11.5 Å². The fourth-order valence-corrected chi connectivity index (χ4v) is 2.42. The Hall–Kier alpha value is -1.91. The molecule has 1 aliphatic heterocycles. The minimum absolute atomic E-state index is 0.00251. The molecule has 1 aromatic carbocycles. The largest absolute Gasteiger partial charge is 0.493 e. The third-order valence-corrected chi connectivity index (χ3v) is 3.55. The molecular weight excluding hydrogens is 256 g/mol. The number of nitrogens with one attached hydrogen (secondary N) is 1. The van der Waals surface area contributed by atoms with Crippen LogP contribution in [0, 0.1) is 0 Å². The lowest BCUT2D eigenvalue weighted by molar-refractivity contribution is 0.183. The van der Waals surface area contributed by atoms with E-state index in [9.17, 15) is 4.79 Å². The number of rotatable bonds is 4. The van der Waals surface area contributed by atoms with Gasteiger partial charge < -0.3 is 19.7 Å². The van der Waals surface area contributed by atoms with E-state index in [1.165, 1.54) is 0 Å². The summed E-state index contributed by atoms with van der Waals surface area (Å²) in [6.45, 7) is 5.84. The molecule has 5 heteroatoms. The van der Waals surface area contributed by atoms with Crippen molar-refractivity contribution in [2.75, 3.05) is 26.8 Å². The standard InChI is InChI=1S/C15H22N2O3/c1-4-17(5-2)15(18)16-12-9-11-7-6-8-13(19-3)14(11)20-10-12/h6-8,12H,4-5,9-10H2,1-3H3,(H,16,18)/t12-/m0/s1. The molecule has 110 valence electrons. The number of hydrogen-bond donors (Lipinski definition) is 1. The van der Waals surface area contributed by atoms with Gasteiger partial charge in [0.15, 0.2) is 11.5 Å². The molecule has 0 fully saturated rings. The molecule has 0 aliphatic carbocycles. The zero-order valence-electron chi connectivity index (χ0n) is 12.3. The van der Waals surface area contributed by atoms with E-state index in [2.05, 4.69) is 5.32 Å². The Morgan fingerprint density at radius 2 is 2.20 bits per heavy atom. The maximum absolute atomic E-state index is 12.0. The molecule has 5 nitrogen and oxygen atoms in total. The molecule has 0 bridgehead atoms. The molecule has 0 aromatic heterocycles. The number of hydrogen-bond acceptors (Lipinski definition) is 3. The fourth-order valence-electron chi connectivity index (χ4n) is 2.42. The van der Waals surface area contributed by atoms with Crippen LogP contribution in [0.3, 0.4) is 0 Å². The lowest BCUT2D eigenvalue weighted by atomic mass is 10.0. The smallest absolute Gasteiger partial charge is 0.317 e. The summed E-state index contributed by atoms with van der Waals surface area (Å²) in [5.74, 6) is 1.54. The molecule has 0 spiro atoms. The highest BCUT2D eigenvalue weighted by atomic mass is 16.5. The molecule has 1 N–H and O–H groups in total. The summed E-state index contributed by atoms with van der Waals surface area (Å²) in [5, 5.41) is 3.02. The molecule has 2 amide bonds. The number of carbonyl (C=O) groups is 1. The van der Waals surface area contributed by atoms with E-state index in [0.717, 1.165) is 23.5 Å². The number of amides is 2. The van der Waals surface area contributed by atoms with Gasteiger partial charge in [-0.15, -0.1) is 0 Å². The van der Waals surface area contributed by atoms with Crippen molar-refractivity contribution in [2.24, 2.45) is 0 Å². The van der Waals surface area contributed by atoms with Crippen LogP contribution in [0.15, 0.2) is 18.2 Å². The Bertz CT molecular complexity index is 472. The zero-order chi connectivity index (χ0) is 14.5. The molecule has 0 unspecified atom stereocenters. The molecular formula is C15H22N2O3. The average Bonchev–Trinajstić information content (AvgIpc) is 2.47. The second kappa shape index (κ2) is 6.50. The number of fused-ring (bicyclic) bond motifs is 1. The first-order valence-corrected chi connectivity index (χ1v) is 7.03. The lowest BCUT2D eigenvalue weighted by Gasteiger charge is -2.29. The number of ether oxygens (including phenoxy) is 2. The molecule has 0 saturated heterocycles. The molecule has 20 heavy (non-hydrogen) atoms. The Morgan fingerprint density at radius 3 is 2.85 bits per heavy atom. The van der Waals surface area contributed by atoms with Gasteiger partial charge in [0.25, 0.3) is 0 Å². The average molecular weight is 278 g/mol. The van der Waals surface area contributed by atoms with Gasteiger partial charge in [-0.3, -0.25) is 0 Å². The second-order valence-corrected chi connectivity index (χ2v) is 4.78. The first-order chi connectivity index (χ1) is 9.69. The Kier molecular flexibility index (Phi) is 4.71. The third kappa shape index (κ3) is 2.98. The molecule has 2 rings (SSSR count). The van der Waals surface area contributed by atoms with E-state index in [0.29, 0.717) is 19.7 Å². The van der Waals surface area contributed by atoms with E-state index in [-0.39, 0.29) is 12.1 Å². The van der Waals surface area contributed by atoms with Gasteiger partial charge in [-0.1, -0.05) is 12.1 Å². The summed E-state index contributed by atoms with van der Waals surface area (Å²) in [4.78, 5) is 13.8. The fraction of sp³-hybridized carbons (Fsp3) is 0.533. The van der Waals surface area contributed by atoms with Crippen LogP contribution in [-0.2, 0) is 6.42 Å². The molecule has 1 atom stereocenters. The molecule has 1 aromatic rings. The van der Waals surface area contributed by atoms with Gasteiger partial charge in [-0.05, 0) is 26.3 Å². The van der Waals surface area contributed by atoms with E-state index >= 15 is 0 Å². The first-order valence-electron chi connectivity index (χ1n) is 7.03. The normalized spacial score (nSPS) is 16.9. The van der Waals surface area contributed by atoms with Gasteiger partial charge in [-0.2, -0.15) is 0 Å². The Morgan fingerprint density at radius 1 is 1.45 bits per heavy atom. The summed E-state index contributed by atoms with van der Waals surface area (Å²) in [7, 11) is 1.63. The van der Waals surface area contributed by atoms with E-state index in [4.69, 9.17) is 9.47 Å². The summed E-state index contributed by atoms with van der Waals surface area (Å²) < 4.78 is 11.0. The number of benzene rings is 1. The van der Waals surface area contributed by atoms with Crippen molar-refractivity contribution in [2.45, 2.75) is 26.3 Å². The van der Waals surface area contributed by atoms with Gasteiger partial charge in [0.1, 0.15) is 6.61 Å². The molecule has 0 saturated carbocycles. The van der Waals surface area contributed by atoms with Crippen LogP contribution >= 0.6 is 0 Å². The van der Waals surface area contributed by atoms with Crippen molar-refractivity contribution in [3.63, 3.8) is 0 Å². The topological polar surface area (TPSA) is 50.8 Å². The summed E-state index contributed by atoms with van der Waals surface area (Å²) in [5.41, 5.74) is 1.07. The van der Waals surface area contributed by atoms with Crippen LogP contribution in [-0.4, -0.2) is 43.8 Å². The molecule has 1 heterocycles. The Labute approximate surface area is 119 Å². The third-order valence-electron chi connectivity index (χ3n) is 3.55. The van der Waals surface area contributed by atoms with Gasteiger partial charge in [-0.25, -0.2) is 4.79 Å². The zero-order valence-corrected chi connectivity index (χ0v) is 12.3. The highest BCUT2D eigenvalue weighted by Gasteiger charge is 2.24. The van der Waals surface area contributed by atoms with Crippen LogP contribution in [0.2, 0.25) is 0 Å². The minimum Gasteiger partial charge on any atom is -0.493 e. The predicted molar refractivity (Wildman–Crippen MR) is 77.4 cm³/mol. The monoisotopic (exact) mass is 278 g/mol. The van der Waals surface area contributed by atoms with Crippen LogP contribution in [0.1, 0.15) is 19.4 Å². The highest BCUT2D eigenvalue weighted by Crippen LogP contribution is 2.34. The van der Waals surface area contributed by atoms with E-state index in [1.54, 1.807) is 12.0 Å². The van der Waals surface area contributed by atoms with Crippen LogP contribution < -0.4 is 14.8 Å². The number of urea groups is 1. The number of carbonyl (C=O) groups excluding carboxylic acids is 1. The number of nitrogens with zero attached hydrogens (tertiary/aromatic N) is 1. The molecule has 1 aliphatic rings. The van der Waals surface area contributed by atoms with Crippen molar-refractivity contribution in [1.29, 1.82) is 0 Å². The predicted octanol–water partition coefficient (Wildman–Crippen LogP) is 2.05. The molecule has 0 radical (unpaired) electrons. The van der Waals surface area contributed by atoms with Crippen LogP contribution in [0.25, 0.3) is 0 Å². The van der Waals surface area contributed by atoms with Crippen molar-refractivity contribution in [1.82, 2.24) is 10.2 Å². The van der Waals surface area contributed by atoms with Gasteiger partial charge in [0, 0.05) is 18.7 Å². The van der Waals surface area contributed by atoms with Crippen LogP contribution in [0.4, 0.5) is 4.79 Å². The first kappa shape index (κ1) is 14.5. The summed E-state index contributed by atoms with van der Waals surface area (Å²) in [6, 6.07) is 5.80. The quantitative estimate of drug-likeness (QED) is 0.917. The van der Waals surface area contributed by atoms with Crippen LogP contribution in [0.5, 0.6) is 11.5 Å². The van der Waals surface area contributed by atoms with Crippen molar-refractivity contribution in [3.05, 3.63) is 23.8 Å². The minimum atomic E-state index is -0.0325. The SMILES string of the molecule is CCN(CC)C(=O)N[C@@H]1COc2c(cccc2OC)C1. The number of methoxy groups -OCH3 is 1. The second-order valence-electron chi connectivity index (χ2n) is 4.78. The lowest BCUT2D eigenvalue weighted by Crippen LogP contribution is -2.48. The Balaban J connectivity index is 2.03. The summed E-state index contributed by atoms with van der Waals surface area (Å²) >= 11 is 0. The summed E-state index contributed by atoms with van der Waals surface area (Å²) in [6.07, 6.45) is 0.763. The highest BCUT2D eigenvalue weighted by molar-refractivity contribution is 5.74. The van der Waals surface area contributed by atoms with E-state index < -0.39 is 0 Å². The van der Waals surface area contributed by atoms with Gasteiger partial charge >= 0.3 is 6.03 Å². The van der Waals surface area contributed by atoms with E-state index in [1.807, 2.05) is 32.0 Å². The number of para-hydroxylation sites is 1. The van der Waals surface area contributed by atoms with Gasteiger partial charge in [0.2, 0.25) is 0 Å².